The molecule has 0 fully saturated rings. The standard InChI is InChI=1S/C23H17FO4/c1-27-20-11-2-16(3-12-20)4-15-22(25)17-7-13-21(14-8-17)28-23(26)18-5-9-19(24)10-6-18/h2-15H,1H3/b15-4+. The van der Waals surface area contributed by atoms with Gasteiger partial charge in [0.1, 0.15) is 17.3 Å². The average Bonchev–Trinajstić information content (AvgIpc) is 2.73. The highest BCUT2D eigenvalue weighted by molar-refractivity contribution is 6.06. The highest BCUT2D eigenvalue weighted by Gasteiger charge is 2.09. The summed E-state index contributed by atoms with van der Waals surface area (Å²) in [5.41, 5.74) is 1.58. The zero-order valence-corrected chi connectivity index (χ0v) is 15.1. The fourth-order valence-corrected chi connectivity index (χ4v) is 2.42. The Kier molecular flexibility index (Phi) is 5.97. The lowest BCUT2D eigenvalue weighted by Crippen LogP contribution is -2.08. The molecule has 3 aromatic rings. The van der Waals surface area contributed by atoms with Crippen LogP contribution in [0.25, 0.3) is 6.08 Å². The van der Waals surface area contributed by atoms with Gasteiger partial charge in [0.15, 0.2) is 5.78 Å². The summed E-state index contributed by atoms with van der Waals surface area (Å²) in [6.07, 6.45) is 3.19. The second-order valence-electron chi connectivity index (χ2n) is 5.89. The Morgan fingerprint density at radius 1 is 0.786 bits per heavy atom. The van der Waals surface area contributed by atoms with Crippen LogP contribution in [-0.2, 0) is 0 Å². The predicted molar refractivity (Wildman–Crippen MR) is 104 cm³/mol. The van der Waals surface area contributed by atoms with E-state index in [-0.39, 0.29) is 11.3 Å². The van der Waals surface area contributed by atoms with Crippen LogP contribution < -0.4 is 9.47 Å². The number of esters is 1. The van der Waals surface area contributed by atoms with Crippen molar-refractivity contribution < 1.29 is 23.5 Å². The molecule has 0 amide bonds. The van der Waals surface area contributed by atoms with E-state index in [1.165, 1.54) is 42.5 Å². The molecular weight excluding hydrogens is 359 g/mol. The van der Waals surface area contributed by atoms with Gasteiger partial charge in [-0.25, -0.2) is 9.18 Å². The van der Waals surface area contributed by atoms with E-state index in [2.05, 4.69) is 0 Å². The van der Waals surface area contributed by atoms with Crippen molar-refractivity contribution >= 4 is 17.8 Å². The molecule has 140 valence electrons. The normalized spacial score (nSPS) is 10.6. The van der Waals surface area contributed by atoms with Crippen LogP contribution in [0.15, 0.2) is 78.9 Å². The smallest absolute Gasteiger partial charge is 0.343 e. The minimum absolute atomic E-state index is 0.174. The SMILES string of the molecule is COc1ccc(/C=C/C(=O)c2ccc(OC(=O)c3ccc(F)cc3)cc2)cc1. The number of carbonyl (C=O) groups is 2. The fourth-order valence-electron chi connectivity index (χ4n) is 2.42. The lowest BCUT2D eigenvalue weighted by Gasteiger charge is -2.05. The van der Waals surface area contributed by atoms with Crippen LogP contribution in [0.2, 0.25) is 0 Å². The molecule has 5 heteroatoms. The Morgan fingerprint density at radius 2 is 1.36 bits per heavy atom. The molecular formula is C23H17FO4. The van der Waals surface area contributed by atoms with Crippen molar-refractivity contribution in [1.29, 1.82) is 0 Å². The maximum absolute atomic E-state index is 12.9. The number of ether oxygens (including phenoxy) is 2. The minimum atomic E-state index is -0.599. The topological polar surface area (TPSA) is 52.6 Å². The first-order chi connectivity index (χ1) is 13.5. The van der Waals surface area contributed by atoms with E-state index in [1.54, 1.807) is 25.3 Å². The zero-order valence-electron chi connectivity index (χ0n) is 15.1. The van der Waals surface area contributed by atoms with Crippen molar-refractivity contribution in [2.24, 2.45) is 0 Å². The van der Waals surface area contributed by atoms with Crippen molar-refractivity contribution in [1.82, 2.24) is 0 Å². The molecule has 0 aliphatic rings. The van der Waals surface area contributed by atoms with E-state index in [0.717, 1.165) is 11.3 Å². The van der Waals surface area contributed by atoms with Crippen LogP contribution in [0.5, 0.6) is 11.5 Å². The van der Waals surface area contributed by atoms with Gasteiger partial charge in [0, 0.05) is 5.56 Å². The van der Waals surface area contributed by atoms with Gasteiger partial charge in [-0.1, -0.05) is 18.2 Å². The Labute approximate surface area is 161 Å². The van der Waals surface area contributed by atoms with Crippen molar-refractivity contribution in [2.75, 3.05) is 7.11 Å². The second-order valence-corrected chi connectivity index (χ2v) is 5.89. The summed E-state index contributed by atoms with van der Waals surface area (Å²) < 4.78 is 23.2. The van der Waals surface area contributed by atoms with E-state index >= 15 is 0 Å². The maximum Gasteiger partial charge on any atom is 0.343 e. The number of benzene rings is 3. The van der Waals surface area contributed by atoms with E-state index in [4.69, 9.17) is 9.47 Å². The minimum Gasteiger partial charge on any atom is -0.497 e. The number of ketones is 1. The number of rotatable bonds is 6. The Hall–Kier alpha value is -3.73. The van der Waals surface area contributed by atoms with Gasteiger partial charge in [-0.2, -0.15) is 0 Å². The number of hydrogen-bond acceptors (Lipinski definition) is 4. The fraction of sp³-hybridized carbons (Fsp3) is 0.0435. The van der Waals surface area contributed by atoms with Crippen molar-refractivity contribution in [3.63, 3.8) is 0 Å². The molecule has 3 aromatic carbocycles. The summed E-state index contributed by atoms with van der Waals surface area (Å²) in [6.45, 7) is 0. The Bertz CT molecular complexity index is 988. The van der Waals surface area contributed by atoms with Crippen LogP contribution in [0.1, 0.15) is 26.3 Å². The number of hydrogen-bond donors (Lipinski definition) is 0. The molecule has 0 aromatic heterocycles. The van der Waals surface area contributed by atoms with E-state index in [9.17, 15) is 14.0 Å². The van der Waals surface area contributed by atoms with Gasteiger partial charge in [0.2, 0.25) is 0 Å². The van der Waals surface area contributed by atoms with Gasteiger partial charge in [-0.05, 0) is 72.3 Å². The van der Waals surface area contributed by atoms with Crippen LogP contribution in [0.3, 0.4) is 0 Å². The van der Waals surface area contributed by atoms with Gasteiger partial charge in [-0.3, -0.25) is 4.79 Å². The summed E-state index contributed by atoms with van der Waals surface area (Å²) in [5.74, 6) is -0.160. The summed E-state index contributed by atoms with van der Waals surface area (Å²) in [7, 11) is 1.59. The molecule has 0 atom stereocenters. The lowest BCUT2D eigenvalue weighted by molar-refractivity contribution is 0.0734. The molecule has 0 heterocycles. The highest BCUT2D eigenvalue weighted by atomic mass is 19.1. The third-order valence-electron chi connectivity index (χ3n) is 3.97. The van der Waals surface area contributed by atoms with E-state index < -0.39 is 11.8 Å². The molecule has 3 rings (SSSR count). The van der Waals surface area contributed by atoms with E-state index in [1.807, 2.05) is 24.3 Å². The van der Waals surface area contributed by atoms with Gasteiger partial charge < -0.3 is 9.47 Å². The van der Waals surface area contributed by atoms with Gasteiger partial charge in [0.05, 0.1) is 12.7 Å². The third kappa shape index (κ3) is 4.92. The largest absolute Gasteiger partial charge is 0.497 e. The quantitative estimate of drug-likeness (QED) is 0.264. The van der Waals surface area contributed by atoms with Crippen LogP contribution in [0.4, 0.5) is 4.39 Å². The monoisotopic (exact) mass is 376 g/mol. The molecule has 0 spiro atoms. The number of carbonyl (C=O) groups excluding carboxylic acids is 2. The first-order valence-electron chi connectivity index (χ1n) is 8.49. The summed E-state index contributed by atoms with van der Waals surface area (Å²) in [4.78, 5) is 24.3. The molecule has 4 nitrogen and oxygen atoms in total. The van der Waals surface area contributed by atoms with Crippen LogP contribution >= 0.6 is 0 Å². The summed E-state index contributed by atoms with van der Waals surface area (Å²) >= 11 is 0. The van der Waals surface area contributed by atoms with Crippen LogP contribution in [0, 0.1) is 5.82 Å². The molecule has 0 saturated heterocycles. The molecule has 0 radical (unpaired) electrons. The number of methoxy groups -OCH3 is 1. The number of allylic oxidation sites excluding steroid dienone is 1. The Balaban J connectivity index is 1.62. The van der Waals surface area contributed by atoms with Crippen LogP contribution in [-0.4, -0.2) is 18.9 Å². The molecule has 0 saturated carbocycles. The maximum atomic E-state index is 12.9. The van der Waals surface area contributed by atoms with Gasteiger partial charge in [0.25, 0.3) is 0 Å². The predicted octanol–water partition coefficient (Wildman–Crippen LogP) is 4.95. The summed E-state index contributed by atoms with van der Waals surface area (Å²) in [6, 6.07) is 18.6. The average molecular weight is 376 g/mol. The molecule has 0 unspecified atom stereocenters. The molecule has 0 aliphatic carbocycles. The zero-order chi connectivity index (χ0) is 19.9. The molecule has 0 N–H and O–H groups in total. The van der Waals surface area contributed by atoms with E-state index in [0.29, 0.717) is 11.3 Å². The second kappa shape index (κ2) is 8.77. The number of halogens is 1. The Morgan fingerprint density at radius 3 is 1.96 bits per heavy atom. The molecule has 0 bridgehead atoms. The van der Waals surface area contributed by atoms with Gasteiger partial charge >= 0.3 is 5.97 Å². The van der Waals surface area contributed by atoms with Crippen molar-refractivity contribution in [3.8, 4) is 11.5 Å². The molecule has 28 heavy (non-hydrogen) atoms. The lowest BCUT2D eigenvalue weighted by atomic mass is 10.1. The third-order valence-corrected chi connectivity index (χ3v) is 3.97. The molecule has 0 aliphatic heterocycles. The highest BCUT2D eigenvalue weighted by Crippen LogP contribution is 2.16. The van der Waals surface area contributed by atoms with Crippen molar-refractivity contribution in [3.05, 3.63) is 101 Å². The first-order valence-corrected chi connectivity index (χ1v) is 8.49. The summed E-state index contributed by atoms with van der Waals surface area (Å²) in [5, 5.41) is 0. The van der Waals surface area contributed by atoms with Crippen molar-refractivity contribution in [2.45, 2.75) is 0 Å². The first kappa shape index (κ1) is 19.0. The van der Waals surface area contributed by atoms with Gasteiger partial charge in [-0.15, -0.1) is 0 Å².